The number of oxime groups is 1. The molecule has 0 bridgehead atoms. The fourth-order valence-electron chi connectivity index (χ4n) is 2.05. The van der Waals surface area contributed by atoms with E-state index in [9.17, 15) is 9.59 Å². The maximum atomic E-state index is 11.5. The molecule has 2 heterocycles. The summed E-state index contributed by atoms with van der Waals surface area (Å²) in [5, 5.41) is 12.6. The Morgan fingerprint density at radius 2 is 2.09 bits per heavy atom. The zero-order valence-electron chi connectivity index (χ0n) is 11.6. The first-order valence-electron chi connectivity index (χ1n) is 6.46. The molecule has 1 aliphatic rings. The Labute approximate surface area is 125 Å². The molecule has 1 aromatic carbocycles. The van der Waals surface area contributed by atoms with Crippen LogP contribution < -0.4 is 0 Å². The average Bonchev–Trinajstić information content (AvgIpc) is 3.10. The summed E-state index contributed by atoms with van der Waals surface area (Å²) in [5.41, 5.74) is 1.64. The molecule has 1 aliphatic heterocycles. The number of rotatable bonds is 3. The van der Waals surface area contributed by atoms with E-state index >= 15 is 0 Å². The summed E-state index contributed by atoms with van der Waals surface area (Å²) < 4.78 is 5.63. The normalized spacial score (nSPS) is 15.8. The van der Waals surface area contributed by atoms with Crippen LogP contribution in [0.3, 0.4) is 0 Å². The summed E-state index contributed by atoms with van der Waals surface area (Å²) in [6, 6.07) is 9.82. The van der Waals surface area contributed by atoms with Crippen LogP contribution >= 0.6 is 0 Å². The van der Waals surface area contributed by atoms with Gasteiger partial charge in [-0.25, -0.2) is 9.59 Å². The minimum absolute atomic E-state index is 0.177. The van der Waals surface area contributed by atoms with Crippen LogP contribution in [0.4, 0.5) is 0 Å². The second kappa shape index (κ2) is 5.33. The Kier molecular flexibility index (Phi) is 3.34. The molecule has 0 saturated heterocycles. The van der Waals surface area contributed by atoms with Crippen LogP contribution in [0.1, 0.15) is 23.0 Å². The van der Waals surface area contributed by atoms with Crippen LogP contribution in [-0.2, 0) is 9.63 Å². The number of carbonyl (C=O) groups is 2. The lowest BCUT2D eigenvalue weighted by Crippen LogP contribution is -2.01. The van der Waals surface area contributed by atoms with Gasteiger partial charge in [0.25, 0.3) is 0 Å². The molecule has 0 aliphatic carbocycles. The summed E-state index contributed by atoms with van der Waals surface area (Å²) in [6.07, 6.45) is 1.54. The molecule has 1 aromatic heterocycles. The van der Waals surface area contributed by atoms with Crippen molar-refractivity contribution in [2.75, 3.05) is 0 Å². The Morgan fingerprint density at radius 1 is 1.27 bits per heavy atom. The van der Waals surface area contributed by atoms with E-state index in [4.69, 9.17) is 9.52 Å². The Hall–Kier alpha value is -3.15. The van der Waals surface area contributed by atoms with Crippen molar-refractivity contribution < 1.29 is 24.0 Å². The van der Waals surface area contributed by atoms with Crippen LogP contribution in [0.25, 0.3) is 17.4 Å². The fraction of sp³-hybridized carbons (Fsp3) is 0.0625. The Balaban J connectivity index is 1.93. The zero-order chi connectivity index (χ0) is 15.7. The first kappa shape index (κ1) is 13.8. The van der Waals surface area contributed by atoms with Gasteiger partial charge in [0.2, 0.25) is 0 Å². The smallest absolute Gasteiger partial charge is 0.367 e. The van der Waals surface area contributed by atoms with Crippen LogP contribution in [0, 0.1) is 0 Å². The van der Waals surface area contributed by atoms with E-state index in [-0.39, 0.29) is 5.56 Å². The molecule has 6 heteroatoms. The molecule has 6 nitrogen and oxygen atoms in total. The third-order valence-corrected chi connectivity index (χ3v) is 3.18. The van der Waals surface area contributed by atoms with Crippen LogP contribution in [0.2, 0.25) is 0 Å². The molecule has 0 saturated carbocycles. The molecule has 2 aromatic rings. The molecule has 3 rings (SSSR count). The lowest BCUT2D eigenvalue weighted by Gasteiger charge is -1.99. The van der Waals surface area contributed by atoms with Crippen molar-refractivity contribution in [1.29, 1.82) is 0 Å². The van der Waals surface area contributed by atoms with Crippen LogP contribution in [0.5, 0.6) is 0 Å². The van der Waals surface area contributed by atoms with Crippen molar-refractivity contribution in [1.82, 2.24) is 0 Å². The van der Waals surface area contributed by atoms with Crippen LogP contribution in [-0.4, -0.2) is 22.8 Å². The van der Waals surface area contributed by atoms with E-state index in [1.165, 1.54) is 12.1 Å². The molecule has 0 fully saturated rings. The number of hydrogen-bond donors (Lipinski definition) is 1. The molecular weight excluding hydrogens is 286 g/mol. The molecule has 110 valence electrons. The predicted octanol–water partition coefficient (Wildman–Crippen LogP) is 2.96. The highest BCUT2D eigenvalue weighted by Gasteiger charge is 2.22. The van der Waals surface area contributed by atoms with E-state index in [0.29, 0.717) is 28.4 Å². The monoisotopic (exact) mass is 297 g/mol. The maximum absolute atomic E-state index is 11.5. The third-order valence-electron chi connectivity index (χ3n) is 3.18. The number of hydrogen-bond acceptors (Lipinski definition) is 5. The standard InChI is InChI=1S/C16H11NO5/c1-9-13(16(20)22-17-9)8-12-5-6-14(21-12)10-3-2-4-11(7-10)15(18)19/h2-8H,1H3,(H,18,19). The van der Waals surface area contributed by atoms with E-state index in [2.05, 4.69) is 9.99 Å². The zero-order valence-corrected chi connectivity index (χ0v) is 11.6. The van der Waals surface area contributed by atoms with Crippen molar-refractivity contribution in [3.63, 3.8) is 0 Å². The van der Waals surface area contributed by atoms with Gasteiger partial charge in [-0.05, 0) is 37.3 Å². The number of carboxylic acids is 1. The van der Waals surface area contributed by atoms with Gasteiger partial charge in [-0.15, -0.1) is 0 Å². The summed E-state index contributed by atoms with van der Waals surface area (Å²) in [6.45, 7) is 1.66. The third kappa shape index (κ3) is 2.54. The molecule has 0 amide bonds. The summed E-state index contributed by atoms with van der Waals surface area (Å²) in [4.78, 5) is 27.0. The number of carboxylic acid groups (broad SMARTS) is 1. The lowest BCUT2D eigenvalue weighted by atomic mass is 10.1. The molecule has 0 unspecified atom stereocenters. The molecule has 0 atom stereocenters. The van der Waals surface area contributed by atoms with Gasteiger partial charge in [-0.2, -0.15) is 0 Å². The minimum atomic E-state index is -1.00. The van der Waals surface area contributed by atoms with Gasteiger partial charge >= 0.3 is 11.9 Å². The largest absolute Gasteiger partial charge is 0.478 e. The van der Waals surface area contributed by atoms with Crippen molar-refractivity contribution in [3.8, 4) is 11.3 Å². The molecule has 22 heavy (non-hydrogen) atoms. The number of furan rings is 1. The SMILES string of the molecule is CC1=NOC(=O)C1=Cc1ccc(-c2cccc(C(=O)O)c2)o1. The second-order valence-corrected chi connectivity index (χ2v) is 4.70. The predicted molar refractivity (Wildman–Crippen MR) is 78.3 cm³/mol. The van der Waals surface area contributed by atoms with Gasteiger partial charge in [0.05, 0.1) is 16.8 Å². The molecular formula is C16H11NO5. The van der Waals surface area contributed by atoms with Gasteiger partial charge in [-0.3, -0.25) is 0 Å². The van der Waals surface area contributed by atoms with Crippen molar-refractivity contribution in [3.05, 3.63) is 53.3 Å². The van der Waals surface area contributed by atoms with Gasteiger partial charge in [0, 0.05) is 5.56 Å². The lowest BCUT2D eigenvalue weighted by molar-refractivity contribution is -0.136. The van der Waals surface area contributed by atoms with Gasteiger partial charge in [-0.1, -0.05) is 17.3 Å². The van der Waals surface area contributed by atoms with Gasteiger partial charge < -0.3 is 14.4 Å². The van der Waals surface area contributed by atoms with E-state index in [0.717, 1.165) is 0 Å². The average molecular weight is 297 g/mol. The van der Waals surface area contributed by atoms with Gasteiger partial charge in [0.15, 0.2) is 0 Å². The van der Waals surface area contributed by atoms with Crippen LogP contribution in [0.15, 0.2) is 51.5 Å². The molecule has 0 radical (unpaired) electrons. The first-order valence-corrected chi connectivity index (χ1v) is 6.46. The number of nitrogens with zero attached hydrogens (tertiary/aromatic N) is 1. The summed E-state index contributed by atoms with van der Waals surface area (Å²) in [5.74, 6) is -0.561. The maximum Gasteiger partial charge on any atom is 0.367 e. The highest BCUT2D eigenvalue weighted by atomic mass is 16.7. The van der Waals surface area contributed by atoms with Crippen molar-refractivity contribution in [2.24, 2.45) is 5.16 Å². The quantitative estimate of drug-likeness (QED) is 0.695. The number of carbonyl (C=O) groups excluding carboxylic acids is 1. The van der Waals surface area contributed by atoms with E-state index < -0.39 is 11.9 Å². The molecule has 1 N–H and O–H groups in total. The van der Waals surface area contributed by atoms with E-state index in [1.54, 1.807) is 37.3 Å². The fourth-order valence-corrected chi connectivity index (χ4v) is 2.05. The van der Waals surface area contributed by atoms with Gasteiger partial charge in [0.1, 0.15) is 11.5 Å². The molecule has 0 spiro atoms. The second-order valence-electron chi connectivity index (χ2n) is 4.70. The highest BCUT2D eigenvalue weighted by Crippen LogP contribution is 2.25. The Morgan fingerprint density at radius 3 is 2.77 bits per heavy atom. The minimum Gasteiger partial charge on any atom is -0.478 e. The topological polar surface area (TPSA) is 89.1 Å². The first-order chi connectivity index (χ1) is 10.5. The number of benzene rings is 1. The van der Waals surface area contributed by atoms with Crippen molar-refractivity contribution >= 4 is 23.7 Å². The number of aromatic carboxylic acids is 1. The Bertz CT molecular complexity index is 829. The van der Waals surface area contributed by atoms with Crippen molar-refractivity contribution in [2.45, 2.75) is 6.92 Å². The van der Waals surface area contributed by atoms with E-state index in [1.807, 2.05) is 0 Å². The summed E-state index contributed by atoms with van der Waals surface area (Å²) in [7, 11) is 0. The summed E-state index contributed by atoms with van der Waals surface area (Å²) >= 11 is 0. The highest BCUT2D eigenvalue weighted by molar-refractivity contribution is 6.24.